The van der Waals surface area contributed by atoms with Crippen LogP contribution in [0.25, 0.3) is 0 Å². The topological polar surface area (TPSA) is 66.4 Å². The smallest absolute Gasteiger partial charge is 0.337 e. The molecule has 1 aromatic carbocycles. The monoisotopic (exact) mass is 345 g/mol. The number of carbonyl (C=O) groups is 2. The first-order chi connectivity index (χ1) is 9.04. The van der Waals surface area contributed by atoms with E-state index in [0.717, 1.165) is 18.6 Å². The highest BCUT2D eigenvalue weighted by Gasteiger charge is 2.12. The van der Waals surface area contributed by atoms with Crippen LogP contribution in [0.1, 0.15) is 30.1 Å². The number of rotatable bonds is 7. The zero-order valence-electron chi connectivity index (χ0n) is 10.6. The number of thioether (sulfide) groups is 1. The molecule has 0 radical (unpaired) electrons. The molecule has 0 bridgehead atoms. The summed E-state index contributed by atoms with van der Waals surface area (Å²) in [6, 6.07) is 4.76. The van der Waals surface area contributed by atoms with E-state index >= 15 is 0 Å². The number of hydrogen-bond acceptors (Lipinski definition) is 3. The summed E-state index contributed by atoms with van der Waals surface area (Å²) in [5.74, 6) is 0.0479. The van der Waals surface area contributed by atoms with Gasteiger partial charge < -0.3 is 10.4 Å². The summed E-state index contributed by atoms with van der Waals surface area (Å²) in [5, 5.41) is 11.7. The molecule has 0 aliphatic rings. The highest BCUT2D eigenvalue weighted by Crippen LogP contribution is 2.21. The minimum Gasteiger partial charge on any atom is -0.478 e. The molecule has 0 saturated carbocycles. The number of halogens is 1. The van der Waals surface area contributed by atoms with Crippen molar-refractivity contribution in [2.45, 2.75) is 19.8 Å². The first-order valence-corrected chi connectivity index (χ1v) is 7.89. The summed E-state index contributed by atoms with van der Waals surface area (Å²) in [4.78, 5) is 22.8. The Balaban J connectivity index is 2.61. The molecule has 2 N–H and O–H groups in total. The SMILES string of the molecule is CCCCSCC(=O)Nc1ccc(Br)cc1C(=O)O. The third kappa shape index (κ3) is 5.65. The molecule has 0 fully saturated rings. The summed E-state index contributed by atoms with van der Waals surface area (Å²) in [7, 11) is 0. The van der Waals surface area contributed by atoms with E-state index in [1.54, 1.807) is 23.9 Å². The Morgan fingerprint density at radius 1 is 1.42 bits per heavy atom. The van der Waals surface area contributed by atoms with Crippen LogP contribution in [-0.4, -0.2) is 28.5 Å². The maximum atomic E-state index is 11.7. The number of amides is 1. The lowest BCUT2D eigenvalue weighted by atomic mass is 10.2. The zero-order valence-corrected chi connectivity index (χ0v) is 13.0. The van der Waals surface area contributed by atoms with Crippen molar-refractivity contribution in [3.05, 3.63) is 28.2 Å². The Hall–Kier alpha value is -1.01. The van der Waals surface area contributed by atoms with Gasteiger partial charge in [0.1, 0.15) is 0 Å². The number of unbranched alkanes of at least 4 members (excludes halogenated alkanes) is 1. The van der Waals surface area contributed by atoms with Gasteiger partial charge in [-0.05, 0) is 30.4 Å². The Morgan fingerprint density at radius 3 is 2.79 bits per heavy atom. The molecular formula is C13H16BrNO3S. The first-order valence-electron chi connectivity index (χ1n) is 5.95. The Kier molecular flexibility index (Phi) is 6.94. The van der Waals surface area contributed by atoms with Crippen molar-refractivity contribution in [3.63, 3.8) is 0 Å². The molecule has 6 heteroatoms. The van der Waals surface area contributed by atoms with E-state index in [1.807, 2.05) is 0 Å². The summed E-state index contributed by atoms with van der Waals surface area (Å²) in [6.45, 7) is 2.10. The molecule has 104 valence electrons. The lowest BCUT2D eigenvalue weighted by Gasteiger charge is -2.08. The number of carbonyl (C=O) groups excluding carboxylic acids is 1. The van der Waals surface area contributed by atoms with E-state index in [0.29, 0.717) is 15.9 Å². The van der Waals surface area contributed by atoms with Crippen LogP contribution < -0.4 is 5.32 Å². The van der Waals surface area contributed by atoms with Gasteiger partial charge in [-0.1, -0.05) is 29.3 Å². The number of carboxylic acids is 1. The number of carboxylic acid groups (broad SMARTS) is 1. The van der Waals surface area contributed by atoms with E-state index in [1.165, 1.54) is 6.07 Å². The molecule has 0 saturated heterocycles. The number of hydrogen-bond donors (Lipinski definition) is 2. The van der Waals surface area contributed by atoms with Crippen LogP contribution in [0.4, 0.5) is 5.69 Å². The van der Waals surface area contributed by atoms with Crippen molar-refractivity contribution in [3.8, 4) is 0 Å². The second kappa shape index (κ2) is 8.22. The van der Waals surface area contributed by atoms with Gasteiger partial charge in [-0.2, -0.15) is 11.8 Å². The van der Waals surface area contributed by atoms with Gasteiger partial charge in [0.2, 0.25) is 5.91 Å². The second-order valence-electron chi connectivity index (χ2n) is 3.95. The zero-order chi connectivity index (χ0) is 14.3. The summed E-state index contributed by atoms with van der Waals surface area (Å²) in [6.07, 6.45) is 2.18. The van der Waals surface area contributed by atoms with E-state index in [-0.39, 0.29) is 11.5 Å². The van der Waals surface area contributed by atoms with Gasteiger partial charge in [-0.15, -0.1) is 0 Å². The standard InChI is InChI=1S/C13H16BrNO3S/c1-2-3-6-19-8-12(16)15-11-5-4-9(14)7-10(11)13(17)18/h4-5,7H,2-3,6,8H2,1H3,(H,15,16)(H,17,18). The van der Waals surface area contributed by atoms with Gasteiger partial charge in [0.15, 0.2) is 0 Å². The number of nitrogens with one attached hydrogen (secondary N) is 1. The number of benzene rings is 1. The van der Waals surface area contributed by atoms with Gasteiger partial charge >= 0.3 is 5.97 Å². The lowest BCUT2D eigenvalue weighted by molar-refractivity contribution is -0.113. The third-order valence-electron chi connectivity index (χ3n) is 2.36. The lowest BCUT2D eigenvalue weighted by Crippen LogP contribution is -2.16. The summed E-state index contributed by atoms with van der Waals surface area (Å²) in [5.41, 5.74) is 0.415. The largest absolute Gasteiger partial charge is 0.478 e. The fraction of sp³-hybridized carbons (Fsp3) is 0.385. The second-order valence-corrected chi connectivity index (χ2v) is 5.97. The minimum atomic E-state index is -1.06. The molecule has 19 heavy (non-hydrogen) atoms. The maximum Gasteiger partial charge on any atom is 0.337 e. The molecular weight excluding hydrogens is 330 g/mol. The third-order valence-corrected chi connectivity index (χ3v) is 3.90. The van der Waals surface area contributed by atoms with Crippen molar-refractivity contribution in [1.29, 1.82) is 0 Å². The van der Waals surface area contributed by atoms with Crippen LogP contribution >= 0.6 is 27.7 Å². The van der Waals surface area contributed by atoms with Crippen LogP contribution in [0.5, 0.6) is 0 Å². The molecule has 1 rings (SSSR count). The molecule has 0 aliphatic heterocycles. The van der Waals surface area contributed by atoms with Crippen molar-refractivity contribution in [2.24, 2.45) is 0 Å². The van der Waals surface area contributed by atoms with E-state index in [2.05, 4.69) is 28.2 Å². The van der Waals surface area contributed by atoms with Crippen molar-refractivity contribution in [1.82, 2.24) is 0 Å². The highest BCUT2D eigenvalue weighted by atomic mass is 79.9. The van der Waals surface area contributed by atoms with Gasteiger partial charge in [-0.25, -0.2) is 4.79 Å². The van der Waals surface area contributed by atoms with Gasteiger partial charge in [-0.3, -0.25) is 4.79 Å². The predicted molar refractivity (Wildman–Crippen MR) is 82.0 cm³/mol. The molecule has 0 spiro atoms. The maximum absolute atomic E-state index is 11.7. The molecule has 0 aliphatic carbocycles. The van der Waals surface area contributed by atoms with Gasteiger partial charge in [0.25, 0.3) is 0 Å². The molecule has 1 amide bonds. The predicted octanol–water partition coefficient (Wildman–Crippen LogP) is 3.62. The molecule has 0 heterocycles. The Labute approximate surface area is 125 Å². The van der Waals surface area contributed by atoms with Gasteiger partial charge in [0, 0.05) is 4.47 Å². The minimum absolute atomic E-state index is 0.0845. The fourth-order valence-corrected chi connectivity index (χ4v) is 2.66. The molecule has 0 atom stereocenters. The van der Waals surface area contributed by atoms with Crippen LogP contribution in [0.3, 0.4) is 0 Å². The van der Waals surface area contributed by atoms with Crippen LogP contribution in [0, 0.1) is 0 Å². The Morgan fingerprint density at radius 2 is 2.16 bits per heavy atom. The first kappa shape index (κ1) is 16.0. The van der Waals surface area contributed by atoms with E-state index in [9.17, 15) is 9.59 Å². The average molecular weight is 346 g/mol. The average Bonchev–Trinajstić information content (AvgIpc) is 2.36. The molecule has 0 unspecified atom stereocenters. The van der Waals surface area contributed by atoms with E-state index in [4.69, 9.17) is 5.11 Å². The van der Waals surface area contributed by atoms with Crippen LogP contribution in [0.2, 0.25) is 0 Å². The summed E-state index contributed by atoms with van der Waals surface area (Å²) < 4.78 is 0.667. The number of aromatic carboxylic acids is 1. The van der Waals surface area contributed by atoms with Crippen LogP contribution in [-0.2, 0) is 4.79 Å². The molecule has 1 aromatic rings. The molecule has 4 nitrogen and oxygen atoms in total. The Bertz CT molecular complexity index is 465. The van der Waals surface area contributed by atoms with Crippen molar-refractivity contribution < 1.29 is 14.7 Å². The van der Waals surface area contributed by atoms with Crippen molar-refractivity contribution in [2.75, 3.05) is 16.8 Å². The van der Waals surface area contributed by atoms with Crippen molar-refractivity contribution >= 4 is 45.3 Å². The molecule has 0 aromatic heterocycles. The van der Waals surface area contributed by atoms with Gasteiger partial charge in [0.05, 0.1) is 17.0 Å². The normalized spacial score (nSPS) is 10.2. The highest BCUT2D eigenvalue weighted by molar-refractivity contribution is 9.10. The summed E-state index contributed by atoms with van der Waals surface area (Å²) >= 11 is 4.76. The fourth-order valence-electron chi connectivity index (χ4n) is 1.40. The number of anilines is 1. The quantitative estimate of drug-likeness (QED) is 0.740. The van der Waals surface area contributed by atoms with Crippen LogP contribution in [0.15, 0.2) is 22.7 Å². The van der Waals surface area contributed by atoms with E-state index < -0.39 is 5.97 Å².